The molecule has 0 saturated heterocycles. The summed E-state index contributed by atoms with van der Waals surface area (Å²) in [6.07, 6.45) is -9.48. The van der Waals surface area contributed by atoms with Crippen LogP contribution in [0.1, 0.15) is 91.6 Å². The zero-order valence-corrected chi connectivity index (χ0v) is 44.6. The Bertz CT molecular complexity index is 3780. The first-order valence-electron chi connectivity index (χ1n) is 23.8. The van der Waals surface area contributed by atoms with E-state index in [4.69, 9.17) is 20.0 Å². The van der Waals surface area contributed by atoms with Crippen molar-refractivity contribution in [2.75, 3.05) is 0 Å². The Kier molecular flexibility index (Phi) is 10.4. The van der Waals surface area contributed by atoms with Crippen molar-refractivity contribution in [2.24, 2.45) is 41.6 Å². The third-order valence-electron chi connectivity index (χ3n) is 14.5. The van der Waals surface area contributed by atoms with Gasteiger partial charge in [0.2, 0.25) is 22.6 Å². The van der Waals surface area contributed by atoms with Gasteiger partial charge in [0.1, 0.15) is 0 Å². The maximum Gasteiger partial charge on any atom is 0.404 e. The monoisotopic (exact) mass is 1090 g/mol. The highest BCUT2D eigenvalue weighted by Gasteiger charge is 2.68. The predicted molar refractivity (Wildman–Crippen MR) is 274 cm³/mol. The second-order valence-electron chi connectivity index (χ2n) is 22.8. The number of halogens is 9. The van der Waals surface area contributed by atoms with E-state index in [1.807, 2.05) is 50.1 Å². The molecular formula is C53H47F9N8S4+2. The summed E-state index contributed by atoms with van der Waals surface area (Å²) < 4.78 is 136. The van der Waals surface area contributed by atoms with E-state index in [0.29, 0.717) is 91.9 Å². The first kappa shape index (κ1) is 49.4. The lowest BCUT2D eigenvalue weighted by Crippen LogP contribution is -2.71. The Morgan fingerprint density at radius 1 is 0.500 bits per heavy atom. The van der Waals surface area contributed by atoms with Crippen LogP contribution in [0.2, 0.25) is 0 Å². The van der Waals surface area contributed by atoms with Crippen LogP contribution >= 0.6 is 45.3 Å². The summed E-state index contributed by atoms with van der Waals surface area (Å²) in [6, 6.07) is 18.6. The van der Waals surface area contributed by atoms with E-state index in [9.17, 15) is 39.5 Å². The second-order valence-corrected chi connectivity index (χ2v) is 27.5. The van der Waals surface area contributed by atoms with Crippen molar-refractivity contribution in [3.63, 3.8) is 0 Å². The number of hydrogen-bond acceptors (Lipinski definition) is 8. The van der Waals surface area contributed by atoms with Crippen LogP contribution in [0.3, 0.4) is 0 Å². The van der Waals surface area contributed by atoms with E-state index in [0.717, 1.165) is 16.9 Å². The Labute approximate surface area is 435 Å². The molecule has 6 aliphatic rings. The summed E-state index contributed by atoms with van der Waals surface area (Å²) in [6.45, 7) is 13.6. The fourth-order valence-electron chi connectivity index (χ4n) is 10.3. The van der Waals surface area contributed by atoms with Crippen LogP contribution in [0.4, 0.5) is 51.1 Å². The zero-order valence-electron chi connectivity index (χ0n) is 41.4. The number of alkyl halides is 9. The molecule has 0 saturated carbocycles. The summed E-state index contributed by atoms with van der Waals surface area (Å²) in [5.74, 6) is 1.25. The number of hydrogen-bond donors (Lipinski definition) is 0. The average molecular weight is 1100 g/mol. The first-order valence-corrected chi connectivity index (χ1v) is 27.1. The van der Waals surface area contributed by atoms with Crippen LogP contribution in [-0.4, -0.2) is 60.2 Å². The number of amidine groups is 4. The maximum atomic E-state index is 14.3. The third kappa shape index (κ3) is 7.31. The Balaban J connectivity index is 1.11. The second kappa shape index (κ2) is 15.6. The zero-order chi connectivity index (χ0) is 52.8. The number of thiophene rings is 4. The van der Waals surface area contributed by atoms with E-state index in [1.54, 1.807) is 35.6 Å². The molecule has 12 rings (SSSR count). The molecule has 0 fully saturated rings. The van der Waals surface area contributed by atoms with Gasteiger partial charge in [0, 0.05) is 63.3 Å². The molecule has 1 spiro atoms. The number of aliphatic imine (C=N–C) groups is 2. The van der Waals surface area contributed by atoms with Gasteiger partial charge < -0.3 is 0 Å². The molecule has 0 radical (unpaired) electrons. The summed E-state index contributed by atoms with van der Waals surface area (Å²) in [4.78, 5) is 27.2. The molecule has 0 bridgehead atoms. The van der Waals surface area contributed by atoms with Gasteiger partial charge in [0.05, 0.1) is 38.5 Å². The van der Waals surface area contributed by atoms with Gasteiger partial charge in [0.15, 0.2) is 0 Å². The van der Waals surface area contributed by atoms with Crippen LogP contribution in [0.15, 0.2) is 92.8 Å². The van der Waals surface area contributed by atoms with Crippen LogP contribution in [0, 0.1) is 21.7 Å². The van der Waals surface area contributed by atoms with Gasteiger partial charge in [-0.2, -0.15) is 48.6 Å². The number of rotatable bonds is 11. The van der Waals surface area contributed by atoms with Crippen molar-refractivity contribution >= 4 is 91.5 Å². The molecule has 21 heteroatoms. The molecular weight excluding hydrogens is 1050 g/mol. The highest BCUT2D eigenvalue weighted by Crippen LogP contribution is 2.54. The Hall–Kier alpha value is -5.51. The van der Waals surface area contributed by atoms with Gasteiger partial charge in [-0.15, -0.1) is 54.5 Å². The molecule has 1 atom stereocenters. The molecule has 0 aliphatic carbocycles. The van der Waals surface area contributed by atoms with E-state index in [2.05, 4.69) is 37.5 Å². The van der Waals surface area contributed by atoms with Crippen molar-refractivity contribution in [3.05, 3.63) is 113 Å². The molecule has 12 heterocycles. The average Bonchev–Trinajstić information content (AvgIpc) is 4.13. The van der Waals surface area contributed by atoms with Crippen molar-refractivity contribution in [1.29, 1.82) is 0 Å². The maximum absolute atomic E-state index is 14.3. The van der Waals surface area contributed by atoms with Crippen LogP contribution in [0.25, 0.3) is 32.0 Å². The quantitative estimate of drug-likeness (QED) is 0.0917. The molecule has 6 aromatic rings. The summed E-state index contributed by atoms with van der Waals surface area (Å²) in [7, 11) is 0. The molecule has 0 aromatic carbocycles. The smallest absolute Gasteiger partial charge is 0.193 e. The van der Waals surface area contributed by atoms with Crippen LogP contribution in [0.5, 0.6) is 0 Å². The summed E-state index contributed by atoms with van der Waals surface area (Å²) in [5.41, 5.74) is -2.28. The fourth-order valence-corrected chi connectivity index (χ4v) is 15.3. The minimum absolute atomic E-state index is 0.00133. The molecule has 0 N–H and O–H groups in total. The lowest BCUT2D eigenvalue weighted by Gasteiger charge is -2.40. The van der Waals surface area contributed by atoms with E-state index < -0.39 is 40.7 Å². The lowest BCUT2D eigenvalue weighted by atomic mass is 9.88. The Morgan fingerprint density at radius 2 is 0.986 bits per heavy atom. The summed E-state index contributed by atoms with van der Waals surface area (Å²) >= 11 is 5.38. The van der Waals surface area contributed by atoms with Gasteiger partial charge in [-0.05, 0) is 79.6 Å². The fraction of sp³-hybridized carbons (Fsp3) is 0.396. The van der Waals surface area contributed by atoms with Crippen molar-refractivity contribution in [3.8, 4) is 20.9 Å². The molecule has 8 nitrogen and oxygen atoms in total. The largest absolute Gasteiger partial charge is 0.404 e. The Morgan fingerprint density at radius 3 is 1.51 bits per heavy atom. The molecule has 6 aromatic heterocycles. The molecule has 0 amide bonds. The van der Waals surface area contributed by atoms with Crippen molar-refractivity contribution in [2.45, 2.75) is 112 Å². The normalized spacial score (nSPS) is 19.1. The SMILES string of the molecule is CC(C)(C)Cc1ccc(-c2cc3n4c2=NC2=[N+]5C(=Nc6cc(-c7ccc(CC(C)(C)C(F)(F)F)s7)c7n6C45[N+]4=C(N=3)C(c3ccc(CC(C)(C)C(F)(F)F)s3)=CC4=N7)C(c3ccc(CC(C)(C)C(F)(F)F)s3)=C2)s1. The standard InChI is InChI=1S/C53H47F9N8S4/c1-46(2,3)22-26-10-14-34(71-26)30-18-38-64-43-32(36-16-12-28(73-36)24-48(6,7)51(57,58)59)20-40-66-45-33(37-17-13-29(74-37)25-49(8,9)52(60,61)62)21-41-65-44-31(35-15-11-27(72-35)23-47(4,5)50(54,55)56)19-39-63-42(30)67(38)53(68(39)44,69(40)43)70(41)45/h10-21H,22-25H2,1-9H3/q+2. The molecule has 1 unspecified atom stereocenters. The van der Waals surface area contributed by atoms with E-state index >= 15 is 0 Å². The van der Waals surface area contributed by atoms with Crippen molar-refractivity contribution < 1.29 is 48.7 Å². The van der Waals surface area contributed by atoms with E-state index in [1.165, 1.54) is 80.4 Å². The lowest BCUT2D eigenvalue weighted by molar-refractivity contribution is -0.790. The molecule has 6 aliphatic heterocycles. The van der Waals surface area contributed by atoms with E-state index in [-0.39, 0.29) is 24.7 Å². The predicted octanol–water partition coefficient (Wildman–Crippen LogP) is 14.3. The van der Waals surface area contributed by atoms with Gasteiger partial charge >= 0.3 is 24.4 Å². The highest BCUT2D eigenvalue weighted by atomic mass is 32.1. The molecule has 384 valence electrons. The third-order valence-corrected chi connectivity index (χ3v) is 18.9. The summed E-state index contributed by atoms with van der Waals surface area (Å²) in [5, 5.41) is 0. The van der Waals surface area contributed by atoms with Gasteiger partial charge in [-0.3, -0.25) is 0 Å². The number of nitrogens with zero attached hydrogens (tertiary/aromatic N) is 8. The van der Waals surface area contributed by atoms with Crippen LogP contribution < -0.4 is 11.0 Å². The number of aromatic nitrogens is 2. The first-order chi connectivity index (χ1) is 34.3. The van der Waals surface area contributed by atoms with Gasteiger partial charge in [0.25, 0.3) is 23.3 Å². The molecule has 74 heavy (non-hydrogen) atoms. The topological polar surface area (TPSA) is 65.3 Å². The van der Waals surface area contributed by atoms with Crippen molar-refractivity contribution in [1.82, 2.24) is 9.13 Å². The minimum atomic E-state index is -4.45. The van der Waals surface area contributed by atoms with Crippen LogP contribution in [-0.2, 0) is 31.6 Å². The minimum Gasteiger partial charge on any atom is -0.193 e. The van der Waals surface area contributed by atoms with Gasteiger partial charge in [-0.1, -0.05) is 82.3 Å². The van der Waals surface area contributed by atoms with Gasteiger partial charge in [-0.25, -0.2) is 0 Å². The highest BCUT2D eigenvalue weighted by molar-refractivity contribution is 7.16.